The average Bonchev–Trinajstić information content (AvgIpc) is 2.35. The maximum atomic E-state index is 13.5. The van der Waals surface area contributed by atoms with Gasteiger partial charge in [-0.3, -0.25) is 0 Å². The van der Waals surface area contributed by atoms with E-state index in [9.17, 15) is 17.6 Å². The molecule has 0 heterocycles. The molecule has 0 aliphatic rings. The Morgan fingerprint density at radius 1 is 1.25 bits per heavy atom. The van der Waals surface area contributed by atoms with E-state index in [4.69, 9.17) is 27.9 Å². The van der Waals surface area contributed by atoms with Crippen molar-refractivity contribution < 1.29 is 22.3 Å². The lowest BCUT2D eigenvalue weighted by Crippen LogP contribution is -2.41. The normalized spacial score (nSPS) is 13.7. The second-order valence-corrected chi connectivity index (χ2v) is 4.75. The van der Waals surface area contributed by atoms with Crippen LogP contribution in [0.25, 0.3) is 0 Å². The Morgan fingerprint density at radius 3 is 2.30 bits per heavy atom. The molecule has 114 valence electrons. The standard InChI is InChI=1S/C12H13Cl2F4NO/c1-3-20-9-5-7(13)6(4-8(9)14)10(19-2)12(17,18)11(15)16/h4-5,10-11,19H,3H2,1-2H3. The third-order valence-corrected chi connectivity index (χ3v) is 3.25. The number of halogens is 6. The van der Waals surface area contributed by atoms with Crippen LogP contribution in [-0.2, 0) is 0 Å². The molecule has 1 rings (SSSR count). The van der Waals surface area contributed by atoms with Crippen molar-refractivity contribution in [3.8, 4) is 5.75 Å². The van der Waals surface area contributed by atoms with Crippen molar-refractivity contribution in [1.82, 2.24) is 5.32 Å². The van der Waals surface area contributed by atoms with Crippen molar-refractivity contribution >= 4 is 23.2 Å². The van der Waals surface area contributed by atoms with E-state index in [1.165, 1.54) is 6.07 Å². The molecule has 1 aromatic rings. The molecule has 2 nitrogen and oxygen atoms in total. The number of hydrogen-bond acceptors (Lipinski definition) is 2. The first-order valence-corrected chi connectivity index (χ1v) is 6.46. The summed E-state index contributed by atoms with van der Waals surface area (Å²) < 4.78 is 57.1. The molecule has 8 heteroatoms. The molecule has 0 aliphatic heterocycles. The molecule has 1 unspecified atom stereocenters. The Morgan fingerprint density at radius 2 is 1.85 bits per heavy atom. The van der Waals surface area contributed by atoms with Crippen molar-refractivity contribution in [3.63, 3.8) is 0 Å². The molecule has 1 atom stereocenters. The van der Waals surface area contributed by atoms with E-state index < -0.39 is 18.4 Å². The maximum absolute atomic E-state index is 13.5. The fourth-order valence-corrected chi connectivity index (χ4v) is 2.20. The molecular formula is C12H13Cl2F4NO. The van der Waals surface area contributed by atoms with Gasteiger partial charge in [0.05, 0.1) is 11.6 Å². The third kappa shape index (κ3) is 3.48. The van der Waals surface area contributed by atoms with Gasteiger partial charge in [-0.05, 0) is 25.6 Å². The molecule has 0 spiro atoms. The van der Waals surface area contributed by atoms with Gasteiger partial charge in [0, 0.05) is 11.1 Å². The first-order valence-electron chi connectivity index (χ1n) is 5.70. The minimum atomic E-state index is -4.28. The predicted molar refractivity (Wildman–Crippen MR) is 70.4 cm³/mol. The Balaban J connectivity index is 3.27. The van der Waals surface area contributed by atoms with E-state index in [2.05, 4.69) is 5.32 Å². The van der Waals surface area contributed by atoms with E-state index in [-0.39, 0.29) is 21.4 Å². The number of rotatable bonds is 6. The lowest BCUT2D eigenvalue weighted by molar-refractivity contribution is -0.150. The van der Waals surface area contributed by atoms with Crippen molar-refractivity contribution in [1.29, 1.82) is 0 Å². The van der Waals surface area contributed by atoms with Crippen molar-refractivity contribution in [3.05, 3.63) is 27.7 Å². The summed E-state index contributed by atoms with van der Waals surface area (Å²) in [4.78, 5) is 0. The van der Waals surface area contributed by atoms with Crippen LogP contribution in [0.15, 0.2) is 12.1 Å². The molecule has 0 radical (unpaired) electrons. The van der Waals surface area contributed by atoms with Gasteiger partial charge in [0.15, 0.2) is 0 Å². The van der Waals surface area contributed by atoms with Crippen LogP contribution in [-0.4, -0.2) is 26.0 Å². The molecule has 0 saturated carbocycles. The zero-order valence-corrected chi connectivity index (χ0v) is 12.2. The molecule has 0 bridgehead atoms. The Hall–Kier alpha value is -0.720. The predicted octanol–water partition coefficient (Wildman–Crippen LogP) is 4.55. The molecule has 1 N–H and O–H groups in total. The van der Waals surface area contributed by atoms with E-state index >= 15 is 0 Å². The summed E-state index contributed by atoms with van der Waals surface area (Å²) in [6, 6.07) is 0.379. The van der Waals surface area contributed by atoms with E-state index in [1.54, 1.807) is 6.92 Å². The van der Waals surface area contributed by atoms with E-state index in [1.807, 2.05) is 0 Å². The SMILES string of the molecule is CCOc1cc(Cl)c(C(NC)C(F)(F)C(F)F)cc1Cl. The first kappa shape index (κ1) is 17.3. The molecular weight excluding hydrogens is 321 g/mol. The molecule has 0 saturated heterocycles. The number of hydrogen-bond donors (Lipinski definition) is 1. The van der Waals surface area contributed by atoms with Crippen LogP contribution in [0, 0.1) is 0 Å². The molecule has 0 fully saturated rings. The smallest absolute Gasteiger partial charge is 0.326 e. The average molecular weight is 334 g/mol. The highest BCUT2D eigenvalue weighted by atomic mass is 35.5. The summed E-state index contributed by atoms with van der Waals surface area (Å²) in [6.07, 6.45) is -3.83. The van der Waals surface area contributed by atoms with Gasteiger partial charge in [-0.2, -0.15) is 8.78 Å². The fourth-order valence-electron chi connectivity index (χ4n) is 1.71. The summed E-state index contributed by atoms with van der Waals surface area (Å²) in [5.41, 5.74) is -0.215. The number of nitrogens with one attached hydrogen (secondary N) is 1. The molecule has 0 amide bonds. The maximum Gasteiger partial charge on any atom is 0.326 e. The zero-order valence-electron chi connectivity index (χ0n) is 10.7. The number of ether oxygens (including phenoxy) is 1. The molecule has 0 aromatic heterocycles. The van der Waals surface area contributed by atoms with E-state index in [0.717, 1.165) is 13.1 Å². The second kappa shape index (κ2) is 6.83. The van der Waals surface area contributed by atoms with Crippen molar-refractivity contribution in [2.45, 2.75) is 25.3 Å². The van der Waals surface area contributed by atoms with Crippen LogP contribution >= 0.6 is 23.2 Å². The largest absolute Gasteiger partial charge is 0.492 e. The van der Waals surface area contributed by atoms with Gasteiger partial charge in [0.2, 0.25) is 0 Å². The monoisotopic (exact) mass is 333 g/mol. The summed E-state index contributed by atoms with van der Waals surface area (Å²) >= 11 is 11.7. The zero-order chi connectivity index (χ0) is 15.5. The Kier molecular flexibility index (Phi) is 5.91. The van der Waals surface area contributed by atoms with Crippen LogP contribution in [0.1, 0.15) is 18.5 Å². The lowest BCUT2D eigenvalue weighted by Gasteiger charge is -2.27. The number of alkyl halides is 4. The summed E-state index contributed by atoms with van der Waals surface area (Å²) in [7, 11) is 1.14. The summed E-state index contributed by atoms with van der Waals surface area (Å²) in [5.74, 6) is -4.08. The van der Waals surface area contributed by atoms with Gasteiger partial charge < -0.3 is 10.1 Å². The fraction of sp³-hybridized carbons (Fsp3) is 0.500. The summed E-state index contributed by atoms with van der Waals surface area (Å²) in [5, 5.41) is 2.04. The first-order chi connectivity index (χ1) is 9.25. The third-order valence-electron chi connectivity index (χ3n) is 2.63. The molecule has 0 aliphatic carbocycles. The Bertz CT molecular complexity index is 471. The van der Waals surface area contributed by atoms with Crippen molar-refractivity contribution in [2.24, 2.45) is 0 Å². The quantitative estimate of drug-likeness (QED) is 0.771. The lowest BCUT2D eigenvalue weighted by atomic mass is 10.0. The van der Waals surface area contributed by atoms with Gasteiger partial charge in [0.25, 0.3) is 0 Å². The molecule has 20 heavy (non-hydrogen) atoms. The van der Waals surface area contributed by atoms with Crippen LogP contribution < -0.4 is 10.1 Å². The topological polar surface area (TPSA) is 21.3 Å². The van der Waals surface area contributed by atoms with Gasteiger partial charge >= 0.3 is 12.3 Å². The van der Waals surface area contributed by atoms with Gasteiger partial charge in [-0.1, -0.05) is 23.2 Å². The van der Waals surface area contributed by atoms with Crippen molar-refractivity contribution in [2.75, 3.05) is 13.7 Å². The summed E-state index contributed by atoms with van der Waals surface area (Å²) in [6.45, 7) is 2.01. The molecule has 1 aromatic carbocycles. The second-order valence-electron chi connectivity index (χ2n) is 3.93. The highest BCUT2D eigenvalue weighted by Crippen LogP contribution is 2.42. The highest BCUT2D eigenvalue weighted by molar-refractivity contribution is 6.34. The minimum absolute atomic E-state index is 0.0246. The van der Waals surface area contributed by atoms with Crippen LogP contribution in [0.3, 0.4) is 0 Å². The van der Waals surface area contributed by atoms with Crippen LogP contribution in [0.4, 0.5) is 17.6 Å². The highest BCUT2D eigenvalue weighted by Gasteiger charge is 2.49. The van der Waals surface area contributed by atoms with E-state index in [0.29, 0.717) is 6.61 Å². The van der Waals surface area contributed by atoms with Gasteiger partial charge in [0.1, 0.15) is 11.8 Å². The van der Waals surface area contributed by atoms with Crippen LogP contribution in [0.2, 0.25) is 10.0 Å². The van der Waals surface area contributed by atoms with Gasteiger partial charge in [-0.25, -0.2) is 8.78 Å². The van der Waals surface area contributed by atoms with Crippen LogP contribution in [0.5, 0.6) is 5.75 Å². The number of benzene rings is 1. The van der Waals surface area contributed by atoms with Gasteiger partial charge in [-0.15, -0.1) is 0 Å². The Labute approximate surface area is 124 Å². The minimum Gasteiger partial charge on any atom is -0.492 e.